The maximum atomic E-state index is 12.6. The van der Waals surface area contributed by atoms with Crippen molar-refractivity contribution in [3.63, 3.8) is 0 Å². The molecule has 0 radical (unpaired) electrons. The fourth-order valence-electron chi connectivity index (χ4n) is 2.28. The van der Waals surface area contributed by atoms with Crippen molar-refractivity contribution in [2.75, 3.05) is 0 Å². The standard InChI is InChI=1S/C16H11ClN2O3/c17-11-7-5-10(6-8-11)16(22)15-12-3-1-2-4-13(12)19(18-15)9-14(20)21/h1-8H,9H2,(H,20,21). The first-order valence-electron chi connectivity index (χ1n) is 6.54. The van der Waals surface area contributed by atoms with Crippen LogP contribution in [0.3, 0.4) is 0 Å². The minimum absolute atomic E-state index is 0.235. The molecule has 1 heterocycles. The lowest BCUT2D eigenvalue weighted by Crippen LogP contribution is -2.11. The highest BCUT2D eigenvalue weighted by Gasteiger charge is 2.19. The van der Waals surface area contributed by atoms with Crippen LogP contribution in [-0.4, -0.2) is 26.6 Å². The van der Waals surface area contributed by atoms with E-state index in [2.05, 4.69) is 5.10 Å². The third-order valence-electron chi connectivity index (χ3n) is 3.26. The Morgan fingerprint density at radius 2 is 1.77 bits per heavy atom. The average molecular weight is 315 g/mol. The second-order valence-corrected chi connectivity index (χ2v) is 5.19. The van der Waals surface area contributed by atoms with E-state index >= 15 is 0 Å². The van der Waals surface area contributed by atoms with E-state index in [4.69, 9.17) is 16.7 Å². The van der Waals surface area contributed by atoms with Crippen LogP contribution in [0.1, 0.15) is 16.1 Å². The minimum atomic E-state index is -1.02. The van der Waals surface area contributed by atoms with Crippen LogP contribution in [-0.2, 0) is 11.3 Å². The summed E-state index contributed by atoms with van der Waals surface area (Å²) in [6, 6.07) is 13.6. The fourth-order valence-corrected chi connectivity index (χ4v) is 2.41. The van der Waals surface area contributed by atoms with Crippen LogP contribution < -0.4 is 0 Å². The van der Waals surface area contributed by atoms with E-state index in [0.29, 0.717) is 21.5 Å². The number of carboxylic acids is 1. The lowest BCUT2D eigenvalue weighted by atomic mass is 10.1. The first-order valence-corrected chi connectivity index (χ1v) is 6.91. The van der Waals surface area contributed by atoms with Crippen molar-refractivity contribution in [1.82, 2.24) is 9.78 Å². The number of aromatic nitrogens is 2. The van der Waals surface area contributed by atoms with Crippen LogP contribution in [0.2, 0.25) is 5.02 Å². The lowest BCUT2D eigenvalue weighted by molar-refractivity contribution is -0.137. The topological polar surface area (TPSA) is 72.2 Å². The number of aliphatic carboxylic acids is 1. The van der Waals surface area contributed by atoms with Gasteiger partial charge in [-0.3, -0.25) is 14.3 Å². The van der Waals surface area contributed by atoms with Crippen LogP contribution in [0.25, 0.3) is 10.9 Å². The van der Waals surface area contributed by atoms with Crippen LogP contribution in [0.15, 0.2) is 48.5 Å². The molecule has 110 valence electrons. The SMILES string of the molecule is O=C(O)Cn1nc(C(=O)c2ccc(Cl)cc2)c2ccccc21. The Morgan fingerprint density at radius 3 is 2.45 bits per heavy atom. The zero-order valence-electron chi connectivity index (χ0n) is 11.4. The molecule has 0 fully saturated rings. The van der Waals surface area contributed by atoms with Crippen molar-refractivity contribution in [1.29, 1.82) is 0 Å². The maximum absolute atomic E-state index is 12.6. The third-order valence-corrected chi connectivity index (χ3v) is 3.52. The molecule has 0 aliphatic heterocycles. The number of hydrogen-bond donors (Lipinski definition) is 1. The monoisotopic (exact) mass is 314 g/mol. The number of fused-ring (bicyclic) bond motifs is 1. The van der Waals surface area contributed by atoms with Crippen molar-refractivity contribution in [2.24, 2.45) is 0 Å². The Bertz CT molecular complexity index is 869. The van der Waals surface area contributed by atoms with Crippen LogP contribution in [0.4, 0.5) is 0 Å². The summed E-state index contributed by atoms with van der Waals surface area (Å²) in [6.07, 6.45) is 0. The molecule has 3 rings (SSSR count). The molecule has 5 nitrogen and oxygen atoms in total. The molecule has 0 unspecified atom stereocenters. The number of carbonyl (C=O) groups excluding carboxylic acids is 1. The van der Waals surface area contributed by atoms with E-state index in [1.54, 1.807) is 48.5 Å². The fraction of sp³-hybridized carbons (Fsp3) is 0.0625. The second-order valence-electron chi connectivity index (χ2n) is 4.75. The summed E-state index contributed by atoms with van der Waals surface area (Å²) in [7, 11) is 0. The van der Waals surface area contributed by atoms with Crippen molar-refractivity contribution >= 4 is 34.3 Å². The molecule has 1 aromatic heterocycles. The van der Waals surface area contributed by atoms with Gasteiger partial charge in [-0.15, -0.1) is 0 Å². The predicted octanol–water partition coefficient (Wildman–Crippen LogP) is 3.01. The van der Waals surface area contributed by atoms with E-state index in [0.717, 1.165) is 0 Å². The molecule has 0 saturated heterocycles. The summed E-state index contributed by atoms with van der Waals surface area (Å²) >= 11 is 5.82. The number of benzene rings is 2. The largest absolute Gasteiger partial charge is 0.480 e. The van der Waals surface area contributed by atoms with Crippen LogP contribution in [0.5, 0.6) is 0 Å². The number of ketones is 1. The van der Waals surface area contributed by atoms with Gasteiger partial charge in [0.2, 0.25) is 5.78 Å². The van der Waals surface area contributed by atoms with E-state index < -0.39 is 5.97 Å². The number of hydrogen-bond acceptors (Lipinski definition) is 3. The highest BCUT2D eigenvalue weighted by Crippen LogP contribution is 2.22. The molecule has 0 amide bonds. The van der Waals surface area contributed by atoms with E-state index in [-0.39, 0.29) is 18.0 Å². The Morgan fingerprint density at radius 1 is 1.09 bits per heavy atom. The van der Waals surface area contributed by atoms with Gasteiger partial charge in [-0.1, -0.05) is 29.8 Å². The minimum Gasteiger partial charge on any atom is -0.480 e. The number of halogens is 1. The molecule has 1 N–H and O–H groups in total. The smallest absolute Gasteiger partial charge is 0.325 e. The average Bonchev–Trinajstić information content (AvgIpc) is 2.86. The molecule has 0 saturated carbocycles. The van der Waals surface area contributed by atoms with Gasteiger partial charge in [-0.05, 0) is 30.3 Å². The number of para-hydroxylation sites is 1. The summed E-state index contributed by atoms with van der Waals surface area (Å²) in [5, 5.41) is 14.3. The van der Waals surface area contributed by atoms with Gasteiger partial charge in [0.1, 0.15) is 12.2 Å². The lowest BCUT2D eigenvalue weighted by Gasteiger charge is -1.98. The Balaban J connectivity index is 2.12. The van der Waals surface area contributed by atoms with Gasteiger partial charge in [0, 0.05) is 16.0 Å². The molecule has 22 heavy (non-hydrogen) atoms. The van der Waals surface area contributed by atoms with Gasteiger partial charge in [0.05, 0.1) is 5.52 Å². The third kappa shape index (κ3) is 2.58. The molecule has 0 bridgehead atoms. The van der Waals surface area contributed by atoms with Gasteiger partial charge < -0.3 is 5.11 Å². The molecular formula is C16H11ClN2O3. The van der Waals surface area contributed by atoms with Crippen molar-refractivity contribution in [3.05, 3.63) is 64.8 Å². The number of carbonyl (C=O) groups is 2. The molecule has 2 aromatic carbocycles. The molecule has 3 aromatic rings. The normalized spacial score (nSPS) is 10.8. The number of rotatable bonds is 4. The Labute approximate surface area is 130 Å². The predicted molar refractivity (Wildman–Crippen MR) is 82.3 cm³/mol. The van der Waals surface area contributed by atoms with Gasteiger partial charge in [-0.25, -0.2) is 0 Å². The highest BCUT2D eigenvalue weighted by molar-refractivity contribution is 6.30. The Hall–Kier alpha value is -2.66. The second kappa shape index (κ2) is 5.61. The number of nitrogens with zero attached hydrogens (tertiary/aromatic N) is 2. The van der Waals surface area contributed by atoms with Crippen LogP contribution >= 0.6 is 11.6 Å². The van der Waals surface area contributed by atoms with Gasteiger partial charge >= 0.3 is 5.97 Å². The Kier molecular flexibility index (Phi) is 3.65. The van der Waals surface area contributed by atoms with Gasteiger partial charge in [-0.2, -0.15) is 5.10 Å². The summed E-state index contributed by atoms with van der Waals surface area (Å²) < 4.78 is 1.32. The van der Waals surface area contributed by atoms with Crippen molar-refractivity contribution in [2.45, 2.75) is 6.54 Å². The molecule has 0 atom stereocenters. The van der Waals surface area contributed by atoms with E-state index in [1.165, 1.54) is 4.68 Å². The quantitative estimate of drug-likeness (QED) is 0.751. The first kappa shape index (κ1) is 14.3. The summed E-state index contributed by atoms with van der Waals surface area (Å²) in [5.41, 5.74) is 1.30. The van der Waals surface area contributed by atoms with Gasteiger partial charge in [0.15, 0.2) is 0 Å². The molecule has 0 aliphatic rings. The van der Waals surface area contributed by atoms with Gasteiger partial charge in [0.25, 0.3) is 0 Å². The van der Waals surface area contributed by atoms with Crippen LogP contribution in [0, 0.1) is 0 Å². The van der Waals surface area contributed by atoms with Crippen molar-refractivity contribution in [3.8, 4) is 0 Å². The summed E-state index contributed by atoms with van der Waals surface area (Å²) in [6.45, 7) is -0.297. The molecular weight excluding hydrogens is 304 g/mol. The molecule has 6 heteroatoms. The maximum Gasteiger partial charge on any atom is 0.325 e. The molecule has 0 aliphatic carbocycles. The zero-order valence-corrected chi connectivity index (χ0v) is 12.1. The summed E-state index contributed by atoms with van der Waals surface area (Å²) in [5.74, 6) is -1.28. The summed E-state index contributed by atoms with van der Waals surface area (Å²) in [4.78, 5) is 23.5. The zero-order chi connectivity index (χ0) is 15.7. The highest BCUT2D eigenvalue weighted by atomic mass is 35.5. The molecule has 0 spiro atoms. The first-order chi connectivity index (χ1) is 10.6. The van der Waals surface area contributed by atoms with Crippen molar-refractivity contribution < 1.29 is 14.7 Å². The van der Waals surface area contributed by atoms with E-state index in [1.807, 2.05) is 0 Å². The number of carboxylic acid groups (broad SMARTS) is 1. The van der Waals surface area contributed by atoms with E-state index in [9.17, 15) is 9.59 Å².